The number of pyridine rings is 1. The molecule has 4 rings (SSSR count). The lowest BCUT2D eigenvalue weighted by Crippen LogP contribution is -2.33. The molecule has 0 spiro atoms. The van der Waals surface area contributed by atoms with Crippen molar-refractivity contribution in [3.8, 4) is 0 Å². The molecule has 1 unspecified atom stereocenters. The summed E-state index contributed by atoms with van der Waals surface area (Å²) in [4.78, 5) is 31.2. The van der Waals surface area contributed by atoms with Gasteiger partial charge in [0.25, 0.3) is 0 Å². The number of rotatable bonds is 7. The van der Waals surface area contributed by atoms with Crippen molar-refractivity contribution in [2.45, 2.75) is 70.1 Å². The molecule has 36 heavy (non-hydrogen) atoms. The number of aromatic nitrogens is 1. The number of alkyl halides is 3. The van der Waals surface area contributed by atoms with Crippen molar-refractivity contribution in [1.82, 2.24) is 9.88 Å². The minimum Gasteiger partial charge on any atom is -0.384 e. The summed E-state index contributed by atoms with van der Waals surface area (Å²) in [6.07, 6.45) is 2.25. The molecule has 1 saturated heterocycles. The van der Waals surface area contributed by atoms with E-state index in [2.05, 4.69) is 4.98 Å². The normalized spacial score (nSPS) is 24.6. The first-order valence-corrected chi connectivity index (χ1v) is 12.7. The Balaban J connectivity index is 1.22. The summed E-state index contributed by atoms with van der Waals surface area (Å²) in [6, 6.07) is 8.23. The monoisotopic (exact) mass is 502 g/mol. The lowest BCUT2D eigenvalue weighted by atomic mass is 9.74. The zero-order valence-electron chi connectivity index (χ0n) is 20.6. The molecular formula is C28H33F3N2O3. The second kappa shape index (κ2) is 10.7. The fourth-order valence-corrected chi connectivity index (χ4v) is 5.55. The Labute approximate surface area is 209 Å². The Morgan fingerprint density at radius 2 is 1.83 bits per heavy atom. The maximum Gasteiger partial charge on any atom is 0.416 e. The number of carbonyl (C=O) groups excluding carboxylic acids is 2. The molecule has 1 aliphatic carbocycles. The molecule has 1 aliphatic heterocycles. The number of likely N-dealkylation sites (tertiary alicyclic amines) is 1. The molecule has 2 aliphatic rings. The molecule has 1 N–H and O–H groups in total. The highest BCUT2D eigenvalue weighted by Gasteiger charge is 2.37. The van der Waals surface area contributed by atoms with Crippen LogP contribution in [-0.2, 0) is 16.6 Å². The van der Waals surface area contributed by atoms with Gasteiger partial charge in [-0.15, -0.1) is 0 Å². The number of benzene rings is 1. The topological polar surface area (TPSA) is 70.5 Å². The van der Waals surface area contributed by atoms with Crippen LogP contribution in [0.2, 0.25) is 0 Å². The smallest absolute Gasteiger partial charge is 0.384 e. The molecule has 0 radical (unpaired) electrons. The SMILES string of the molecule is Cc1ccnc(C2(O)CCC(CC3CCN(C(=O)CCC(=O)c4cccc(C(F)(F)F)c4)C3)CC2)c1. The number of aryl methyl sites for hydroxylation is 1. The van der Waals surface area contributed by atoms with Gasteiger partial charge in [0, 0.05) is 37.7 Å². The lowest BCUT2D eigenvalue weighted by Gasteiger charge is -2.36. The van der Waals surface area contributed by atoms with E-state index in [1.54, 1.807) is 11.1 Å². The molecule has 1 amide bonds. The fraction of sp³-hybridized carbons (Fsp3) is 0.536. The Bertz CT molecular complexity index is 1090. The maximum atomic E-state index is 12.9. The van der Waals surface area contributed by atoms with Crippen LogP contribution in [0.5, 0.6) is 0 Å². The van der Waals surface area contributed by atoms with Gasteiger partial charge in [-0.05, 0) is 87.1 Å². The average molecular weight is 503 g/mol. The van der Waals surface area contributed by atoms with Crippen LogP contribution in [0.4, 0.5) is 13.2 Å². The van der Waals surface area contributed by atoms with Gasteiger partial charge in [-0.2, -0.15) is 13.2 Å². The van der Waals surface area contributed by atoms with E-state index < -0.39 is 23.1 Å². The first kappa shape index (κ1) is 26.3. The van der Waals surface area contributed by atoms with Gasteiger partial charge in [-0.3, -0.25) is 14.6 Å². The Kier molecular flexibility index (Phi) is 7.83. The maximum absolute atomic E-state index is 12.9. The van der Waals surface area contributed by atoms with Gasteiger partial charge in [0.1, 0.15) is 5.60 Å². The number of Topliss-reactive ketones (excluding diaryl/α,β-unsaturated/α-hetero) is 1. The molecule has 2 fully saturated rings. The van der Waals surface area contributed by atoms with Crippen LogP contribution in [-0.4, -0.2) is 39.8 Å². The number of halogens is 3. The predicted octanol–water partition coefficient (Wildman–Crippen LogP) is 5.69. The minimum atomic E-state index is -4.51. The van der Waals surface area contributed by atoms with E-state index in [0.29, 0.717) is 37.8 Å². The van der Waals surface area contributed by atoms with E-state index in [9.17, 15) is 27.9 Å². The molecule has 1 saturated carbocycles. The van der Waals surface area contributed by atoms with Crippen molar-refractivity contribution in [2.75, 3.05) is 13.1 Å². The first-order chi connectivity index (χ1) is 17.0. The van der Waals surface area contributed by atoms with Gasteiger partial charge < -0.3 is 10.0 Å². The van der Waals surface area contributed by atoms with Gasteiger partial charge in [0.15, 0.2) is 5.78 Å². The van der Waals surface area contributed by atoms with Crippen molar-refractivity contribution >= 4 is 11.7 Å². The van der Waals surface area contributed by atoms with Crippen molar-refractivity contribution in [3.63, 3.8) is 0 Å². The zero-order chi connectivity index (χ0) is 25.9. The first-order valence-electron chi connectivity index (χ1n) is 12.7. The number of ketones is 1. The minimum absolute atomic E-state index is 0.00174. The van der Waals surface area contributed by atoms with Gasteiger partial charge in [-0.1, -0.05) is 12.1 Å². The van der Waals surface area contributed by atoms with Crippen LogP contribution in [0.1, 0.15) is 78.5 Å². The second-order valence-electron chi connectivity index (χ2n) is 10.4. The van der Waals surface area contributed by atoms with Gasteiger partial charge >= 0.3 is 6.18 Å². The van der Waals surface area contributed by atoms with Crippen LogP contribution < -0.4 is 0 Å². The zero-order valence-corrected chi connectivity index (χ0v) is 20.6. The van der Waals surface area contributed by atoms with E-state index in [4.69, 9.17) is 0 Å². The van der Waals surface area contributed by atoms with Crippen molar-refractivity contribution in [3.05, 3.63) is 65.0 Å². The summed E-state index contributed by atoms with van der Waals surface area (Å²) in [5, 5.41) is 11.1. The van der Waals surface area contributed by atoms with Crippen molar-refractivity contribution in [2.24, 2.45) is 11.8 Å². The predicted molar refractivity (Wildman–Crippen MR) is 129 cm³/mol. The standard InChI is InChI=1S/C28H33F3N2O3/c1-19-9-13-32-25(15-19)27(36)11-7-20(8-12-27)16-21-10-14-33(18-21)26(35)6-5-24(34)22-3-2-4-23(17-22)28(29,30)31/h2-4,9,13,15,17,20-21,36H,5-8,10-12,14,16,18H2,1H3. The average Bonchev–Trinajstić information content (AvgIpc) is 3.32. The molecule has 1 aromatic heterocycles. The van der Waals surface area contributed by atoms with E-state index in [0.717, 1.165) is 49.1 Å². The summed E-state index contributed by atoms with van der Waals surface area (Å²) < 4.78 is 38.7. The van der Waals surface area contributed by atoms with Gasteiger partial charge in [0.2, 0.25) is 5.91 Å². The van der Waals surface area contributed by atoms with Crippen molar-refractivity contribution < 1.29 is 27.9 Å². The van der Waals surface area contributed by atoms with Crippen LogP contribution >= 0.6 is 0 Å². The Morgan fingerprint density at radius 3 is 2.53 bits per heavy atom. The molecule has 0 bridgehead atoms. The lowest BCUT2D eigenvalue weighted by molar-refractivity contribution is -0.137. The Hall–Kier alpha value is -2.74. The quantitative estimate of drug-likeness (QED) is 0.494. The summed E-state index contributed by atoms with van der Waals surface area (Å²) >= 11 is 0. The number of nitrogens with zero attached hydrogens (tertiary/aromatic N) is 2. The Morgan fingerprint density at radius 1 is 1.08 bits per heavy atom. The van der Waals surface area contributed by atoms with Gasteiger partial charge in [-0.25, -0.2) is 0 Å². The fourth-order valence-electron chi connectivity index (χ4n) is 5.55. The molecular weight excluding hydrogens is 469 g/mol. The number of hydrogen-bond donors (Lipinski definition) is 1. The summed E-state index contributed by atoms with van der Waals surface area (Å²) in [5.74, 6) is 0.309. The van der Waals surface area contributed by atoms with Gasteiger partial charge in [0.05, 0.1) is 11.3 Å². The van der Waals surface area contributed by atoms with Crippen LogP contribution in [0.15, 0.2) is 42.6 Å². The van der Waals surface area contributed by atoms with Crippen LogP contribution in [0.3, 0.4) is 0 Å². The van der Waals surface area contributed by atoms with Crippen LogP contribution in [0, 0.1) is 18.8 Å². The number of amides is 1. The molecule has 194 valence electrons. The van der Waals surface area contributed by atoms with E-state index in [1.165, 1.54) is 12.1 Å². The highest BCUT2D eigenvalue weighted by molar-refractivity contribution is 5.98. The van der Waals surface area contributed by atoms with E-state index in [-0.39, 0.29) is 24.3 Å². The summed E-state index contributed by atoms with van der Waals surface area (Å²) in [6.45, 7) is 3.29. The second-order valence-corrected chi connectivity index (χ2v) is 10.4. The number of aliphatic hydroxyl groups is 1. The molecule has 1 atom stereocenters. The third-order valence-electron chi connectivity index (χ3n) is 7.71. The van der Waals surface area contributed by atoms with E-state index >= 15 is 0 Å². The molecule has 8 heteroatoms. The number of hydrogen-bond acceptors (Lipinski definition) is 4. The third kappa shape index (κ3) is 6.33. The highest BCUT2D eigenvalue weighted by Crippen LogP contribution is 2.41. The molecule has 2 heterocycles. The molecule has 5 nitrogen and oxygen atoms in total. The largest absolute Gasteiger partial charge is 0.416 e. The summed E-state index contributed by atoms with van der Waals surface area (Å²) in [7, 11) is 0. The highest BCUT2D eigenvalue weighted by atomic mass is 19.4. The van der Waals surface area contributed by atoms with Crippen molar-refractivity contribution in [1.29, 1.82) is 0 Å². The van der Waals surface area contributed by atoms with E-state index in [1.807, 2.05) is 19.1 Å². The summed E-state index contributed by atoms with van der Waals surface area (Å²) in [5.41, 5.74) is 0.0845. The number of carbonyl (C=O) groups is 2. The van der Waals surface area contributed by atoms with Crippen LogP contribution in [0.25, 0.3) is 0 Å². The molecule has 2 aromatic rings. The third-order valence-corrected chi connectivity index (χ3v) is 7.71. The molecule has 1 aromatic carbocycles.